The van der Waals surface area contributed by atoms with Crippen LogP contribution in [0.3, 0.4) is 0 Å². The maximum absolute atomic E-state index is 14.9. The number of alkyl halides is 1. The third-order valence-electron chi connectivity index (χ3n) is 4.96. The van der Waals surface area contributed by atoms with Crippen molar-refractivity contribution in [3.05, 3.63) is 35.9 Å². The van der Waals surface area contributed by atoms with Crippen molar-refractivity contribution in [3.63, 3.8) is 0 Å². The summed E-state index contributed by atoms with van der Waals surface area (Å²) in [7, 11) is 1.45. The average Bonchev–Trinajstić information content (AvgIpc) is 2.68. The summed E-state index contributed by atoms with van der Waals surface area (Å²) in [6.45, 7) is 7.51. The van der Waals surface area contributed by atoms with E-state index >= 15 is 0 Å². The molecule has 1 aromatic carbocycles. The van der Waals surface area contributed by atoms with Gasteiger partial charge in [-0.3, -0.25) is 9.59 Å². The molecule has 0 saturated carbocycles. The van der Waals surface area contributed by atoms with E-state index in [1.54, 1.807) is 13.8 Å². The van der Waals surface area contributed by atoms with Gasteiger partial charge in [0.15, 0.2) is 5.78 Å². The molecule has 4 N–H and O–H groups in total. The zero-order chi connectivity index (χ0) is 23.1. The monoisotopic (exact) mass is 423 g/mol. The minimum atomic E-state index is -2.01. The highest BCUT2D eigenvalue weighted by Crippen LogP contribution is 2.28. The van der Waals surface area contributed by atoms with E-state index in [2.05, 4.69) is 10.6 Å². The molecule has 4 atom stereocenters. The van der Waals surface area contributed by atoms with Gasteiger partial charge in [-0.2, -0.15) is 0 Å². The molecule has 168 valence electrons. The highest BCUT2D eigenvalue weighted by molar-refractivity contribution is 5.95. The fourth-order valence-electron chi connectivity index (χ4n) is 3.10. The molecule has 1 rings (SSSR count). The summed E-state index contributed by atoms with van der Waals surface area (Å²) in [4.78, 5) is 37.9. The van der Waals surface area contributed by atoms with Crippen LogP contribution in [0.2, 0.25) is 0 Å². The van der Waals surface area contributed by atoms with Gasteiger partial charge in [0.2, 0.25) is 5.91 Å². The second-order valence-corrected chi connectivity index (χ2v) is 8.30. The lowest BCUT2D eigenvalue weighted by Crippen LogP contribution is -2.60. The molecule has 0 saturated heterocycles. The summed E-state index contributed by atoms with van der Waals surface area (Å²) in [5.41, 5.74) is 4.75. The number of Topliss-reactive ketones (excluding diaryl/α,β-unsaturated/α-hetero) is 1. The smallest absolute Gasteiger partial charge is 0.328 e. The fourth-order valence-corrected chi connectivity index (χ4v) is 3.10. The molecule has 0 heterocycles. The van der Waals surface area contributed by atoms with E-state index in [0.29, 0.717) is 0 Å². The van der Waals surface area contributed by atoms with E-state index in [0.717, 1.165) is 5.56 Å². The number of rotatable bonds is 11. The van der Waals surface area contributed by atoms with Gasteiger partial charge in [-0.25, -0.2) is 9.18 Å². The number of benzene rings is 1. The number of ketones is 1. The SMILES string of the molecule is CN[C@H](C(=O)N[C@@H](C)C(=O)OCc1ccccc1)[C@H](C(=O)[C@@H](N)C(C)C)C(C)(C)F. The number of hydrogen-bond donors (Lipinski definition) is 3. The number of ether oxygens (including phenoxy) is 1. The second kappa shape index (κ2) is 11.2. The summed E-state index contributed by atoms with van der Waals surface area (Å²) in [5, 5.41) is 5.21. The summed E-state index contributed by atoms with van der Waals surface area (Å²) < 4.78 is 20.2. The highest BCUT2D eigenvalue weighted by Gasteiger charge is 2.46. The number of hydrogen-bond acceptors (Lipinski definition) is 6. The summed E-state index contributed by atoms with van der Waals surface area (Å²) in [6.07, 6.45) is 0. The van der Waals surface area contributed by atoms with E-state index in [1.807, 2.05) is 30.3 Å². The van der Waals surface area contributed by atoms with Crippen LogP contribution in [0.15, 0.2) is 30.3 Å². The van der Waals surface area contributed by atoms with Crippen LogP contribution in [-0.4, -0.2) is 48.5 Å². The van der Waals surface area contributed by atoms with Crippen LogP contribution in [-0.2, 0) is 25.7 Å². The van der Waals surface area contributed by atoms with Crippen LogP contribution in [0.5, 0.6) is 0 Å². The van der Waals surface area contributed by atoms with Crippen LogP contribution in [0, 0.1) is 11.8 Å². The summed E-state index contributed by atoms with van der Waals surface area (Å²) in [6, 6.07) is 6.02. The highest BCUT2D eigenvalue weighted by atomic mass is 19.1. The van der Waals surface area contributed by atoms with Gasteiger partial charge < -0.3 is 21.1 Å². The molecule has 30 heavy (non-hydrogen) atoms. The van der Waals surface area contributed by atoms with E-state index in [1.165, 1.54) is 27.8 Å². The van der Waals surface area contributed by atoms with Crippen molar-refractivity contribution in [1.82, 2.24) is 10.6 Å². The van der Waals surface area contributed by atoms with Gasteiger partial charge in [0.25, 0.3) is 0 Å². The molecule has 0 aromatic heterocycles. The predicted octanol–water partition coefficient (Wildman–Crippen LogP) is 1.74. The first-order chi connectivity index (χ1) is 13.9. The van der Waals surface area contributed by atoms with Crippen molar-refractivity contribution >= 4 is 17.7 Å². The molecule has 0 spiro atoms. The predicted molar refractivity (Wildman–Crippen MR) is 113 cm³/mol. The molecule has 0 aliphatic heterocycles. The third-order valence-corrected chi connectivity index (χ3v) is 4.96. The average molecular weight is 424 g/mol. The van der Waals surface area contributed by atoms with E-state index in [4.69, 9.17) is 10.5 Å². The Kier molecular flexibility index (Phi) is 9.58. The Balaban J connectivity index is 2.87. The Morgan fingerprint density at radius 3 is 2.17 bits per heavy atom. The Morgan fingerprint density at radius 1 is 1.13 bits per heavy atom. The maximum Gasteiger partial charge on any atom is 0.328 e. The Bertz CT molecular complexity index is 719. The maximum atomic E-state index is 14.9. The standard InChI is InChI=1S/C22H34FN3O4/c1-13(2)17(24)19(27)16(22(4,5)23)18(25-6)20(28)26-14(3)21(29)30-12-15-10-8-7-9-11-15/h7-11,13-14,16-18,25H,12,24H2,1-6H3,(H,26,28)/t14-,16+,17-,18-/m0/s1. The molecule has 0 aliphatic rings. The topological polar surface area (TPSA) is 111 Å². The fraction of sp³-hybridized carbons (Fsp3) is 0.591. The molecule has 1 amide bonds. The minimum absolute atomic E-state index is 0.0667. The van der Waals surface area contributed by atoms with Crippen LogP contribution >= 0.6 is 0 Å². The first-order valence-electron chi connectivity index (χ1n) is 10.1. The number of nitrogens with two attached hydrogens (primary N) is 1. The number of halogens is 1. The molecule has 0 fully saturated rings. The number of carbonyl (C=O) groups excluding carboxylic acids is 3. The van der Waals surface area contributed by atoms with Crippen molar-refractivity contribution in [1.29, 1.82) is 0 Å². The van der Waals surface area contributed by atoms with E-state index < -0.39 is 47.4 Å². The number of nitrogens with one attached hydrogen (secondary N) is 2. The van der Waals surface area contributed by atoms with Crippen LogP contribution < -0.4 is 16.4 Å². The van der Waals surface area contributed by atoms with Crippen LogP contribution in [0.25, 0.3) is 0 Å². The van der Waals surface area contributed by atoms with Crippen molar-refractivity contribution < 1.29 is 23.5 Å². The van der Waals surface area contributed by atoms with Gasteiger partial charge in [-0.15, -0.1) is 0 Å². The molecule has 1 aromatic rings. The van der Waals surface area contributed by atoms with Gasteiger partial charge in [0.1, 0.15) is 18.3 Å². The normalized spacial score (nSPS) is 15.8. The van der Waals surface area contributed by atoms with Crippen molar-refractivity contribution in [2.24, 2.45) is 17.6 Å². The Hall–Kier alpha value is -2.32. The van der Waals surface area contributed by atoms with Crippen LogP contribution in [0.4, 0.5) is 4.39 Å². The quantitative estimate of drug-likeness (QED) is 0.468. The number of likely N-dealkylation sites (N-methyl/N-ethyl adjacent to an activating group) is 1. The van der Waals surface area contributed by atoms with Crippen LogP contribution in [0.1, 0.15) is 40.2 Å². The van der Waals surface area contributed by atoms with E-state index in [9.17, 15) is 18.8 Å². The van der Waals surface area contributed by atoms with Crippen molar-refractivity contribution in [2.75, 3.05) is 7.05 Å². The zero-order valence-corrected chi connectivity index (χ0v) is 18.6. The molecular formula is C22H34FN3O4. The number of esters is 1. The molecule has 0 unspecified atom stereocenters. The van der Waals surface area contributed by atoms with Gasteiger partial charge >= 0.3 is 5.97 Å². The molecule has 0 aliphatic carbocycles. The molecule has 0 bridgehead atoms. The molecule has 8 heteroatoms. The van der Waals surface area contributed by atoms with E-state index in [-0.39, 0.29) is 12.5 Å². The Labute approximate surface area is 177 Å². The van der Waals surface area contributed by atoms with Gasteiger partial charge in [0.05, 0.1) is 18.0 Å². The Morgan fingerprint density at radius 2 is 1.70 bits per heavy atom. The largest absolute Gasteiger partial charge is 0.459 e. The van der Waals surface area contributed by atoms with Crippen molar-refractivity contribution in [2.45, 2.75) is 65.0 Å². The van der Waals surface area contributed by atoms with Gasteiger partial charge in [-0.1, -0.05) is 44.2 Å². The molecule has 0 radical (unpaired) electrons. The van der Waals surface area contributed by atoms with Crippen molar-refractivity contribution in [3.8, 4) is 0 Å². The first kappa shape index (κ1) is 25.7. The lowest BCUT2D eigenvalue weighted by molar-refractivity contribution is -0.149. The number of amides is 1. The van der Waals surface area contributed by atoms with Gasteiger partial charge in [-0.05, 0) is 39.3 Å². The molecular weight excluding hydrogens is 389 g/mol. The lowest BCUT2D eigenvalue weighted by atomic mass is 9.77. The summed E-state index contributed by atoms with van der Waals surface area (Å²) >= 11 is 0. The molecule has 7 nitrogen and oxygen atoms in total. The third kappa shape index (κ3) is 7.18. The number of carbonyl (C=O) groups is 3. The zero-order valence-electron chi connectivity index (χ0n) is 18.6. The minimum Gasteiger partial charge on any atom is -0.459 e. The lowest BCUT2D eigenvalue weighted by Gasteiger charge is -2.34. The van der Waals surface area contributed by atoms with Gasteiger partial charge in [0, 0.05) is 0 Å². The summed E-state index contributed by atoms with van der Waals surface area (Å²) in [5.74, 6) is -3.40. The first-order valence-corrected chi connectivity index (χ1v) is 10.1. The second-order valence-electron chi connectivity index (χ2n) is 8.30.